The van der Waals surface area contributed by atoms with Crippen LogP contribution in [0.25, 0.3) is 0 Å². The van der Waals surface area contributed by atoms with Crippen molar-refractivity contribution in [3.63, 3.8) is 0 Å². The van der Waals surface area contributed by atoms with Crippen molar-refractivity contribution in [2.75, 3.05) is 13.1 Å². The molecular formula is C20H26ClN3O3. The van der Waals surface area contributed by atoms with Crippen LogP contribution in [-0.2, 0) is 4.79 Å². The number of furan rings is 1. The molecule has 2 unspecified atom stereocenters. The molecule has 0 aliphatic carbocycles. The maximum Gasteiger partial charge on any atom is 0.257 e. The average molecular weight is 392 g/mol. The van der Waals surface area contributed by atoms with Crippen LogP contribution in [0, 0.1) is 5.92 Å². The summed E-state index contributed by atoms with van der Waals surface area (Å²) in [5.41, 5.74) is 7.76. The molecule has 0 bridgehead atoms. The highest BCUT2D eigenvalue weighted by Crippen LogP contribution is 2.20. The van der Waals surface area contributed by atoms with Crippen LogP contribution in [-0.4, -0.2) is 35.8 Å². The summed E-state index contributed by atoms with van der Waals surface area (Å²) in [5, 5.41) is 3.09. The summed E-state index contributed by atoms with van der Waals surface area (Å²) >= 11 is 0. The van der Waals surface area contributed by atoms with Gasteiger partial charge >= 0.3 is 0 Å². The molecule has 2 atom stereocenters. The first-order valence-corrected chi connectivity index (χ1v) is 8.98. The lowest BCUT2D eigenvalue weighted by Crippen LogP contribution is -2.48. The summed E-state index contributed by atoms with van der Waals surface area (Å²) in [6, 6.07) is 11.1. The quantitative estimate of drug-likeness (QED) is 0.820. The lowest BCUT2D eigenvalue weighted by atomic mass is 9.94. The molecule has 2 heterocycles. The van der Waals surface area contributed by atoms with Crippen LogP contribution in [0.5, 0.6) is 0 Å². The van der Waals surface area contributed by atoms with E-state index in [0.29, 0.717) is 18.7 Å². The van der Waals surface area contributed by atoms with Gasteiger partial charge < -0.3 is 20.4 Å². The summed E-state index contributed by atoms with van der Waals surface area (Å²) in [6.07, 6.45) is 4.44. The van der Waals surface area contributed by atoms with Gasteiger partial charge in [0.1, 0.15) is 6.26 Å². The van der Waals surface area contributed by atoms with Crippen LogP contribution in [0.4, 0.5) is 0 Å². The van der Waals surface area contributed by atoms with Crippen molar-refractivity contribution in [3.05, 3.63) is 60.1 Å². The van der Waals surface area contributed by atoms with E-state index in [1.54, 1.807) is 11.0 Å². The Bertz CT molecular complexity index is 728. The van der Waals surface area contributed by atoms with Crippen molar-refractivity contribution in [2.24, 2.45) is 11.7 Å². The van der Waals surface area contributed by atoms with Crippen LogP contribution in [0.3, 0.4) is 0 Å². The van der Waals surface area contributed by atoms with E-state index in [2.05, 4.69) is 5.32 Å². The first-order chi connectivity index (χ1) is 12.6. The van der Waals surface area contributed by atoms with E-state index in [0.717, 1.165) is 18.4 Å². The molecule has 2 amide bonds. The Morgan fingerprint density at radius 3 is 2.44 bits per heavy atom. The second-order valence-electron chi connectivity index (χ2n) is 6.81. The maximum atomic E-state index is 12.5. The highest BCUT2D eigenvalue weighted by Gasteiger charge is 2.28. The number of rotatable bonds is 5. The van der Waals surface area contributed by atoms with E-state index in [9.17, 15) is 9.59 Å². The Hall–Kier alpha value is -2.31. The molecular weight excluding hydrogens is 366 g/mol. The van der Waals surface area contributed by atoms with E-state index in [-0.39, 0.29) is 42.2 Å². The van der Waals surface area contributed by atoms with E-state index in [4.69, 9.17) is 10.2 Å². The number of carbonyl (C=O) groups is 2. The summed E-state index contributed by atoms with van der Waals surface area (Å²) in [4.78, 5) is 26.6. The predicted molar refractivity (Wildman–Crippen MR) is 106 cm³/mol. The number of amides is 2. The Kier molecular flexibility index (Phi) is 7.45. The molecule has 0 saturated carbocycles. The monoisotopic (exact) mass is 391 g/mol. The van der Waals surface area contributed by atoms with Gasteiger partial charge in [-0.1, -0.05) is 37.3 Å². The molecule has 1 aliphatic rings. The molecule has 2 aromatic rings. The van der Waals surface area contributed by atoms with E-state index in [1.165, 1.54) is 12.5 Å². The Morgan fingerprint density at radius 2 is 1.85 bits per heavy atom. The van der Waals surface area contributed by atoms with Crippen molar-refractivity contribution in [1.82, 2.24) is 10.2 Å². The normalized spacial score (nSPS) is 16.9. The van der Waals surface area contributed by atoms with E-state index < -0.39 is 0 Å². The predicted octanol–water partition coefficient (Wildman–Crippen LogP) is 2.76. The zero-order valence-corrected chi connectivity index (χ0v) is 16.2. The molecule has 1 aliphatic heterocycles. The SMILES string of the molecule is CC(C(=O)NC1CCN(C(=O)c2ccoc2)CC1)C(N)c1ccccc1.Cl. The van der Waals surface area contributed by atoms with Crippen LogP contribution in [0.15, 0.2) is 53.3 Å². The number of carbonyl (C=O) groups excluding carboxylic acids is 2. The van der Waals surface area contributed by atoms with Gasteiger partial charge in [-0.05, 0) is 24.5 Å². The number of nitrogens with zero attached hydrogens (tertiary/aromatic N) is 1. The molecule has 3 rings (SSSR count). The summed E-state index contributed by atoms with van der Waals surface area (Å²) in [7, 11) is 0. The van der Waals surface area contributed by atoms with Crippen molar-refractivity contribution >= 4 is 24.2 Å². The van der Waals surface area contributed by atoms with Crippen molar-refractivity contribution in [2.45, 2.75) is 31.8 Å². The molecule has 1 aromatic heterocycles. The molecule has 1 aromatic carbocycles. The highest BCUT2D eigenvalue weighted by molar-refractivity contribution is 5.93. The molecule has 0 radical (unpaired) electrons. The largest absolute Gasteiger partial charge is 0.472 e. The Labute approximate surface area is 165 Å². The Morgan fingerprint density at radius 1 is 1.19 bits per heavy atom. The topological polar surface area (TPSA) is 88.6 Å². The summed E-state index contributed by atoms with van der Waals surface area (Å²) in [5.74, 6) is -0.382. The number of benzene rings is 1. The fraction of sp³-hybridized carbons (Fsp3) is 0.400. The fourth-order valence-electron chi connectivity index (χ4n) is 3.26. The summed E-state index contributed by atoms with van der Waals surface area (Å²) < 4.78 is 4.97. The van der Waals surface area contributed by atoms with Crippen molar-refractivity contribution in [3.8, 4) is 0 Å². The van der Waals surface area contributed by atoms with E-state index >= 15 is 0 Å². The average Bonchev–Trinajstić information content (AvgIpc) is 3.22. The Balaban J connectivity index is 0.00000261. The molecule has 146 valence electrons. The summed E-state index contributed by atoms with van der Waals surface area (Å²) in [6.45, 7) is 3.09. The smallest absolute Gasteiger partial charge is 0.257 e. The van der Waals surface area contributed by atoms with Crippen molar-refractivity contribution < 1.29 is 14.0 Å². The molecule has 3 N–H and O–H groups in total. The number of piperidine rings is 1. The zero-order chi connectivity index (χ0) is 18.5. The van der Waals surface area contributed by atoms with Gasteiger partial charge in [-0.25, -0.2) is 0 Å². The van der Waals surface area contributed by atoms with Gasteiger partial charge in [-0.15, -0.1) is 12.4 Å². The number of likely N-dealkylation sites (tertiary alicyclic amines) is 1. The number of nitrogens with one attached hydrogen (secondary N) is 1. The maximum absolute atomic E-state index is 12.5. The van der Waals surface area contributed by atoms with Gasteiger partial charge in [0, 0.05) is 25.2 Å². The van der Waals surface area contributed by atoms with Crippen LogP contribution < -0.4 is 11.1 Å². The molecule has 6 nitrogen and oxygen atoms in total. The molecule has 27 heavy (non-hydrogen) atoms. The van der Waals surface area contributed by atoms with Gasteiger partial charge in [0.15, 0.2) is 0 Å². The first kappa shape index (κ1) is 21.0. The number of halogens is 1. The first-order valence-electron chi connectivity index (χ1n) is 8.98. The molecule has 1 fully saturated rings. The zero-order valence-electron chi connectivity index (χ0n) is 15.3. The molecule has 7 heteroatoms. The molecule has 1 saturated heterocycles. The number of nitrogens with two attached hydrogens (primary N) is 1. The van der Waals surface area contributed by atoms with Gasteiger partial charge in [0.05, 0.1) is 17.7 Å². The minimum atomic E-state index is -0.334. The van der Waals surface area contributed by atoms with Crippen LogP contribution >= 0.6 is 12.4 Å². The van der Waals surface area contributed by atoms with Gasteiger partial charge in [-0.3, -0.25) is 9.59 Å². The standard InChI is InChI=1S/C20H25N3O3.ClH/c1-14(18(21)15-5-3-2-4-6-15)19(24)22-17-7-10-23(11-8-17)20(25)16-9-12-26-13-16;/h2-6,9,12-14,17-18H,7-8,10-11,21H2,1H3,(H,22,24);1H. The highest BCUT2D eigenvalue weighted by atomic mass is 35.5. The van der Waals surface area contributed by atoms with Gasteiger partial charge in [0.25, 0.3) is 5.91 Å². The lowest BCUT2D eigenvalue weighted by Gasteiger charge is -2.33. The third kappa shape index (κ3) is 5.11. The minimum Gasteiger partial charge on any atom is -0.472 e. The fourth-order valence-corrected chi connectivity index (χ4v) is 3.26. The van der Waals surface area contributed by atoms with Crippen molar-refractivity contribution in [1.29, 1.82) is 0 Å². The number of hydrogen-bond acceptors (Lipinski definition) is 4. The van der Waals surface area contributed by atoms with Crippen LogP contribution in [0.1, 0.15) is 41.7 Å². The second kappa shape index (κ2) is 9.58. The molecule has 0 spiro atoms. The van der Waals surface area contributed by atoms with Gasteiger partial charge in [0.2, 0.25) is 5.91 Å². The lowest BCUT2D eigenvalue weighted by molar-refractivity contribution is -0.126. The van der Waals surface area contributed by atoms with Gasteiger partial charge in [-0.2, -0.15) is 0 Å². The third-order valence-corrected chi connectivity index (χ3v) is 5.03. The van der Waals surface area contributed by atoms with Crippen LogP contribution in [0.2, 0.25) is 0 Å². The van der Waals surface area contributed by atoms with E-state index in [1.807, 2.05) is 37.3 Å². The minimum absolute atomic E-state index is 0. The third-order valence-electron chi connectivity index (χ3n) is 5.03. The second-order valence-corrected chi connectivity index (χ2v) is 6.81. The number of hydrogen-bond donors (Lipinski definition) is 2.